The van der Waals surface area contributed by atoms with Crippen molar-refractivity contribution >= 4 is 17.4 Å². The van der Waals surface area contributed by atoms with E-state index in [1.54, 1.807) is 12.1 Å². The SMILES string of the molecule is CC(=O)c1ccccc1NC(=O)C[NH+]1CC[C@@H]2CCCC[C@@H]2C1. The Morgan fingerprint density at radius 2 is 1.87 bits per heavy atom. The average Bonchev–Trinajstić information content (AvgIpc) is 2.55. The van der Waals surface area contributed by atoms with E-state index in [-0.39, 0.29) is 11.7 Å². The summed E-state index contributed by atoms with van der Waals surface area (Å²) in [6.07, 6.45) is 6.72. The van der Waals surface area contributed by atoms with Gasteiger partial charge in [0, 0.05) is 11.5 Å². The van der Waals surface area contributed by atoms with Crippen molar-refractivity contribution in [3.05, 3.63) is 29.8 Å². The van der Waals surface area contributed by atoms with Gasteiger partial charge in [0.1, 0.15) is 0 Å². The van der Waals surface area contributed by atoms with Crippen molar-refractivity contribution in [2.75, 3.05) is 25.0 Å². The third-order valence-electron chi connectivity index (χ3n) is 5.48. The van der Waals surface area contributed by atoms with Gasteiger partial charge in [0.2, 0.25) is 0 Å². The minimum absolute atomic E-state index is 0.0166. The van der Waals surface area contributed by atoms with Gasteiger partial charge in [-0.15, -0.1) is 0 Å². The van der Waals surface area contributed by atoms with Gasteiger partial charge in [0.25, 0.3) is 5.91 Å². The first-order valence-electron chi connectivity index (χ1n) is 8.87. The van der Waals surface area contributed by atoms with Gasteiger partial charge < -0.3 is 10.2 Å². The Kier molecular flexibility index (Phi) is 5.11. The summed E-state index contributed by atoms with van der Waals surface area (Å²) in [6.45, 7) is 4.27. The fourth-order valence-corrected chi connectivity index (χ4v) is 4.28. The smallest absolute Gasteiger partial charge is 0.279 e. The van der Waals surface area contributed by atoms with E-state index < -0.39 is 0 Å². The molecule has 2 fully saturated rings. The molecule has 4 heteroatoms. The van der Waals surface area contributed by atoms with Crippen molar-refractivity contribution in [1.82, 2.24) is 0 Å². The number of likely N-dealkylation sites (tertiary alicyclic amines) is 1. The van der Waals surface area contributed by atoms with Crippen molar-refractivity contribution in [3.63, 3.8) is 0 Å². The zero-order valence-corrected chi connectivity index (χ0v) is 13.9. The lowest BCUT2D eigenvalue weighted by molar-refractivity contribution is -0.902. The Balaban J connectivity index is 1.57. The zero-order valence-electron chi connectivity index (χ0n) is 13.9. The van der Waals surface area contributed by atoms with Crippen LogP contribution in [0.2, 0.25) is 0 Å². The Morgan fingerprint density at radius 1 is 1.13 bits per heavy atom. The van der Waals surface area contributed by atoms with Gasteiger partial charge in [-0.1, -0.05) is 25.0 Å². The molecular formula is C19H27N2O2+. The molecule has 124 valence electrons. The maximum absolute atomic E-state index is 12.4. The van der Waals surface area contributed by atoms with Crippen LogP contribution in [0.25, 0.3) is 0 Å². The highest BCUT2D eigenvalue weighted by Gasteiger charge is 2.34. The molecule has 1 aromatic rings. The Hall–Kier alpha value is -1.68. The number of quaternary nitrogens is 1. The number of hydrogen-bond acceptors (Lipinski definition) is 2. The molecule has 1 aliphatic heterocycles. The van der Waals surface area contributed by atoms with Gasteiger partial charge in [-0.05, 0) is 44.2 Å². The number of fused-ring (bicyclic) bond motifs is 1. The van der Waals surface area contributed by atoms with Gasteiger partial charge in [0.15, 0.2) is 12.3 Å². The van der Waals surface area contributed by atoms with Crippen molar-refractivity contribution in [2.45, 2.75) is 39.0 Å². The maximum atomic E-state index is 12.4. The number of Topliss-reactive ketones (excluding diaryl/α,β-unsaturated/α-hetero) is 1. The molecule has 1 aliphatic carbocycles. The number of amides is 1. The fraction of sp³-hybridized carbons (Fsp3) is 0.579. The highest BCUT2D eigenvalue weighted by molar-refractivity contribution is 6.03. The van der Waals surface area contributed by atoms with Gasteiger partial charge in [-0.2, -0.15) is 0 Å². The topological polar surface area (TPSA) is 50.6 Å². The van der Waals surface area contributed by atoms with Crippen molar-refractivity contribution in [1.29, 1.82) is 0 Å². The van der Waals surface area contributed by atoms with E-state index in [4.69, 9.17) is 0 Å². The number of ketones is 1. The van der Waals surface area contributed by atoms with E-state index in [1.165, 1.54) is 43.9 Å². The molecule has 1 saturated heterocycles. The minimum atomic E-state index is -0.0173. The molecular weight excluding hydrogens is 288 g/mol. The number of hydrogen-bond donors (Lipinski definition) is 2. The second-order valence-electron chi connectivity index (χ2n) is 7.12. The summed E-state index contributed by atoms with van der Waals surface area (Å²) in [5.41, 5.74) is 1.22. The second-order valence-corrected chi connectivity index (χ2v) is 7.12. The molecule has 0 spiro atoms. The molecule has 1 heterocycles. The lowest BCUT2D eigenvalue weighted by atomic mass is 9.75. The molecule has 1 aromatic carbocycles. The summed E-state index contributed by atoms with van der Waals surface area (Å²) in [7, 11) is 0. The van der Waals surface area contributed by atoms with E-state index in [1.807, 2.05) is 12.1 Å². The number of carbonyl (C=O) groups is 2. The molecule has 4 nitrogen and oxygen atoms in total. The number of piperidine rings is 1. The standard InChI is InChI=1S/C19H26N2O2/c1-14(22)17-8-4-5-9-18(17)20-19(23)13-21-11-10-15-6-2-3-7-16(15)12-21/h4-5,8-9,15-16H,2-3,6-7,10-13H2,1H3,(H,20,23)/p+1/t15-,16+/m0/s1. The number of carbonyl (C=O) groups excluding carboxylic acids is 2. The van der Waals surface area contributed by atoms with Crippen LogP contribution >= 0.6 is 0 Å². The quantitative estimate of drug-likeness (QED) is 0.834. The summed E-state index contributed by atoms with van der Waals surface area (Å²) in [4.78, 5) is 25.4. The van der Waals surface area contributed by atoms with Crippen LogP contribution in [0.1, 0.15) is 49.4 Å². The summed E-state index contributed by atoms with van der Waals surface area (Å²) >= 11 is 0. The Labute approximate surface area is 138 Å². The third-order valence-corrected chi connectivity index (χ3v) is 5.48. The predicted octanol–water partition coefficient (Wildman–Crippen LogP) is 1.92. The Bertz CT molecular complexity index is 584. The van der Waals surface area contributed by atoms with Gasteiger partial charge >= 0.3 is 0 Å². The van der Waals surface area contributed by atoms with Gasteiger partial charge in [-0.3, -0.25) is 9.59 Å². The van der Waals surface area contributed by atoms with Crippen LogP contribution in [0.15, 0.2) is 24.3 Å². The predicted molar refractivity (Wildman–Crippen MR) is 90.7 cm³/mol. The number of benzene rings is 1. The molecule has 1 amide bonds. The van der Waals surface area contributed by atoms with E-state index in [9.17, 15) is 9.59 Å². The molecule has 2 aliphatic rings. The summed E-state index contributed by atoms with van der Waals surface area (Å²) in [5.74, 6) is 1.71. The fourth-order valence-electron chi connectivity index (χ4n) is 4.28. The summed E-state index contributed by atoms with van der Waals surface area (Å²) < 4.78 is 0. The number of nitrogens with one attached hydrogen (secondary N) is 2. The number of anilines is 1. The lowest BCUT2D eigenvalue weighted by Gasteiger charge is -2.38. The van der Waals surface area contributed by atoms with Gasteiger partial charge in [0.05, 0.1) is 18.8 Å². The van der Waals surface area contributed by atoms with Crippen LogP contribution in [-0.4, -0.2) is 31.3 Å². The van der Waals surface area contributed by atoms with E-state index in [0.29, 0.717) is 17.8 Å². The first-order valence-corrected chi connectivity index (χ1v) is 8.87. The van der Waals surface area contributed by atoms with Crippen molar-refractivity contribution in [3.8, 4) is 0 Å². The molecule has 1 unspecified atom stereocenters. The van der Waals surface area contributed by atoms with Crippen LogP contribution in [0.3, 0.4) is 0 Å². The first kappa shape index (κ1) is 16.2. The van der Waals surface area contributed by atoms with E-state index in [0.717, 1.165) is 24.9 Å². The lowest BCUT2D eigenvalue weighted by Crippen LogP contribution is -3.15. The molecule has 3 rings (SSSR count). The van der Waals surface area contributed by atoms with Crippen LogP contribution in [-0.2, 0) is 4.79 Å². The number of para-hydroxylation sites is 1. The molecule has 0 bridgehead atoms. The molecule has 23 heavy (non-hydrogen) atoms. The second kappa shape index (κ2) is 7.26. The molecule has 1 saturated carbocycles. The van der Waals surface area contributed by atoms with Crippen molar-refractivity contribution in [2.24, 2.45) is 11.8 Å². The van der Waals surface area contributed by atoms with Crippen LogP contribution in [0.4, 0.5) is 5.69 Å². The third kappa shape index (κ3) is 3.99. The van der Waals surface area contributed by atoms with Crippen molar-refractivity contribution < 1.29 is 14.5 Å². The largest absolute Gasteiger partial charge is 0.327 e. The highest BCUT2D eigenvalue weighted by atomic mass is 16.2. The van der Waals surface area contributed by atoms with Gasteiger partial charge in [-0.25, -0.2) is 0 Å². The normalized spacial score (nSPS) is 27.1. The number of rotatable bonds is 4. The van der Waals surface area contributed by atoms with E-state index in [2.05, 4.69) is 5.32 Å². The molecule has 2 N–H and O–H groups in total. The highest BCUT2D eigenvalue weighted by Crippen LogP contribution is 2.32. The van der Waals surface area contributed by atoms with Crippen LogP contribution < -0.4 is 10.2 Å². The molecule has 3 atom stereocenters. The molecule has 0 aromatic heterocycles. The molecule has 0 radical (unpaired) electrons. The average molecular weight is 315 g/mol. The minimum Gasteiger partial charge on any atom is -0.327 e. The van der Waals surface area contributed by atoms with Crippen LogP contribution in [0.5, 0.6) is 0 Å². The monoisotopic (exact) mass is 315 g/mol. The first-order chi connectivity index (χ1) is 11.1. The maximum Gasteiger partial charge on any atom is 0.279 e. The summed E-state index contributed by atoms with van der Waals surface area (Å²) in [6, 6.07) is 7.24. The summed E-state index contributed by atoms with van der Waals surface area (Å²) in [5, 5.41) is 2.93. The Morgan fingerprint density at radius 3 is 2.65 bits per heavy atom. The van der Waals surface area contributed by atoms with E-state index >= 15 is 0 Å². The zero-order chi connectivity index (χ0) is 16.2. The van der Waals surface area contributed by atoms with Crippen LogP contribution in [0, 0.1) is 11.8 Å².